The Morgan fingerprint density at radius 2 is 1.64 bits per heavy atom. The van der Waals surface area contributed by atoms with Gasteiger partial charge in [-0.25, -0.2) is 4.98 Å². The van der Waals surface area contributed by atoms with E-state index in [1.807, 2.05) is 30.3 Å². The molecule has 0 bridgehead atoms. The quantitative estimate of drug-likeness (QED) is 0.198. The van der Waals surface area contributed by atoms with E-state index in [1.165, 1.54) is 33.3 Å². The van der Waals surface area contributed by atoms with Crippen LogP contribution in [0, 0.1) is 19.8 Å². The molecule has 2 atom stereocenters. The molecule has 216 valence electrons. The average molecular weight is 560 g/mol. The fraction of sp³-hybridized carbons (Fsp3) is 0.351. The van der Waals surface area contributed by atoms with Gasteiger partial charge in [-0.3, -0.25) is 9.20 Å². The maximum atomic E-state index is 13.8. The number of benzene rings is 3. The molecule has 0 saturated heterocycles. The van der Waals surface area contributed by atoms with E-state index in [9.17, 15) is 9.90 Å². The molecule has 5 heteroatoms. The van der Waals surface area contributed by atoms with E-state index in [0.717, 1.165) is 61.0 Å². The summed E-state index contributed by atoms with van der Waals surface area (Å²) in [6.45, 7) is 6.42. The van der Waals surface area contributed by atoms with Gasteiger partial charge in [0, 0.05) is 28.8 Å². The zero-order valence-electron chi connectivity index (χ0n) is 24.9. The number of carbonyl (C=O) groups excluding carboxylic acids is 1. The van der Waals surface area contributed by atoms with Crippen molar-refractivity contribution in [2.24, 2.45) is 5.92 Å². The van der Waals surface area contributed by atoms with Crippen molar-refractivity contribution in [2.45, 2.75) is 71.3 Å². The zero-order valence-corrected chi connectivity index (χ0v) is 24.9. The highest BCUT2D eigenvalue weighted by molar-refractivity contribution is 5.92. The van der Waals surface area contributed by atoms with Crippen molar-refractivity contribution in [3.8, 4) is 0 Å². The van der Waals surface area contributed by atoms with Gasteiger partial charge in [0.2, 0.25) is 5.91 Å². The van der Waals surface area contributed by atoms with Crippen LogP contribution in [0.25, 0.3) is 16.6 Å². The second-order valence-electron chi connectivity index (χ2n) is 11.9. The highest BCUT2D eigenvalue weighted by Gasteiger charge is 2.33. The van der Waals surface area contributed by atoms with Gasteiger partial charge in [-0.1, -0.05) is 92.6 Å². The van der Waals surface area contributed by atoms with Gasteiger partial charge in [0.05, 0.1) is 24.1 Å². The Hall–Kier alpha value is -3.96. The van der Waals surface area contributed by atoms with E-state index in [-0.39, 0.29) is 18.4 Å². The number of aliphatic hydroxyl groups is 1. The first kappa shape index (κ1) is 28.2. The molecule has 0 spiro atoms. The van der Waals surface area contributed by atoms with E-state index in [1.54, 1.807) is 0 Å². The molecule has 1 fully saturated rings. The summed E-state index contributed by atoms with van der Waals surface area (Å²) < 4.78 is 2.32. The lowest BCUT2D eigenvalue weighted by atomic mass is 9.83. The number of fused-ring (bicyclic) bond motifs is 3. The van der Waals surface area contributed by atoms with Crippen LogP contribution in [0.2, 0.25) is 0 Å². The number of carbonyl (C=O) groups is 1. The molecule has 5 nitrogen and oxygen atoms in total. The molecule has 5 aromatic rings. The van der Waals surface area contributed by atoms with Crippen molar-refractivity contribution >= 4 is 22.5 Å². The number of aliphatic hydroxyl groups excluding tert-OH is 1. The van der Waals surface area contributed by atoms with E-state index < -0.39 is 6.04 Å². The maximum absolute atomic E-state index is 13.8. The molecule has 1 aliphatic rings. The summed E-state index contributed by atoms with van der Waals surface area (Å²) in [5, 5.41) is 14.5. The number of aryl methyl sites for hydroxylation is 2. The number of para-hydroxylation sites is 1. The third-order valence-corrected chi connectivity index (χ3v) is 9.41. The molecule has 2 heterocycles. The minimum Gasteiger partial charge on any atom is -0.394 e. The number of nitrogens with zero attached hydrogens (tertiary/aromatic N) is 2. The molecule has 2 aromatic heterocycles. The molecular weight excluding hydrogens is 518 g/mol. The number of hydrogen-bond donors (Lipinski definition) is 2. The highest BCUT2D eigenvalue weighted by atomic mass is 16.3. The topological polar surface area (TPSA) is 66.6 Å². The molecule has 0 aliphatic heterocycles. The predicted molar refractivity (Wildman–Crippen MR) is 170 cm³/mol. The molecule has 0 radical (unpaired) electrons. The standard InChI is InChI=1S/C37H41N3O2/c1-4-32-24(2)25(3)40-34-17-11-10-16-30(34)31(36(40)38-32)22-26-18-20-29(21-19-26)35(28-14-8-9-15-28)37(42)39-33(23-41)27-12-6-5-7-13-27/h5-7,10-13,16-21,28,33,35,41H,4,8-9,14-15,22-23H2,1-3H3,(H,39,42)/t33-,35?/m0/s1. The van der Waals surface area contributed by atoms with Gasteiger partial charge in [0.15, 0.2) is 0 Å². The fourth-order valence-electron chi connectivity index (χ4n) is 7.01. The van der Waals surface area contributed by atoms with Gasteiger partial charge in [0.1, 0.15) is 5.65 Å². The minimum atomic E-state index is -0.411. The molecule has 1 aliphatic carbocycles. The van der Waals surface area contributed by atoms with Crippen molar-refractivity contribution < 1.29 is 9.90 Å². The fourth-order valence-corrected chi connectivity index (χ4v) is 7.01. The van der Waals surface area contributed by atoms with Crippen LogP contribution < -0.4 is 5.32 Å². The Kier molecular flexibility index (Phi) is 8.12. The number of rotatable bonds is 9. The summed E-state index contributed by atoms with van der Waals surface area (Å²) in [5.41, 5.74) is 10.3. The molecule has 42 heavy (non-hydrogen) atoms. The van der Waals surface area contributed by atoms with Crippen LogP contribution >= 0.6 is 0 Å². The highest BCUT2D eigenvalue weighted by Crippen LogP contribution is 2.38. The molecule has 1 unspecified atom stereocenters. The first-order chi connectivity index (χ1) is 20.5. The zero-order chi connectivity index (χ0) is 29.2. The Morgan fingerprint density at radius 3 is 2.33 bits per heavy atom. The monoisotopic (exact) mass is 559 g/mol. The van der Waals surface area contributed by atoms with Crippen LogP contribution in [0.1, 0.15) is 83.8 Å². The molecular formula is C37H41N3O2. The molecule has 1 saturated carbocycles. The van der Waals surface area contributed by atoms with E-state index >= 15 is 0 Å². The number of aromatic nitrogens is 2. The van der Waals surface area contributed by atoms with Crippen molar-refractivity contribution in [1.82, 2.24) is 14.7 Å². The van der Waals surface area contributed by atoms with Crippen LogP contribution in [0.15, 0.2) is 78.9 Å². The second-order valence-corrected chi connectivity index (χ2v) is 11.9. The largest absolute Gasteiger partial charge is 0.394 e. The normalized spacial score (nSPS) is 15.3. The Bertz CT molecular complexity index is 1700. The third kappa shape index (κ3) is 5.22. The number of nitrogens with one attached hydrogen (secondary N) is 1. The van der Waals surface area contributed by atoms with Gasteiger partial charge in [-0.15, -0.1) is 0 Å². The Labute approximate surface area is 248 Å². The molecule has 6 rings (SSSR count). The molecule has 3 aromatic carbocycles. The minimum absolute atomic E-state index is 0.00381. The van der Waals surface area contributed by atoms with Crippen molar-refractivity contribution in [3.05, 3.63) is 118 Å². The SMILES string of the molecule is CCc1nc2c(Cc3ccc(C(C(=O)N[C@@H](CO)c4ccccc4)C4CCCC4)cc3)c3ccccc3n2c(C)c1C. The summed E-state index contributed by atoms with van der Waals surface area (Å²) in [4.78, 5) is 19.0. The van der Waals surface area contributed by atoms with Crippen molar-refractivity contribution in [2.75, 3.05) is 6.61 Å². The summed E-state index contributed by atoms with van der Waals surface area (Å²) in [7, 11) is 0. The van der Waals surface area contributed by atoms with Gasteiger partial charge < -0.3 is 10.4 Å². The summed E-state index contributed by atoms with van der Waals surface area (Å²) in [5.74, 6) is 0.0900. The van der Waals surface area contributed by atoms with Crippen LogP contribution in [0.3, 0.4) is 0 Å². The Morgan fingerprint density at radius 1 is 0.952 bits per heavy atom. The van der Waals surface area contributed by atoms with E-state index in [4.69, 9.17) is 4.98 Å². The summed E-state index contributed by atoms with van der Waals surface area (Å²) in [6, 6.07) is 26.6. The summed E-state index contributed by atoms with van der Waals surface area (Å²) >= 11 is 0. The second kappa shape index (κ2) is 12.1. The van der Waals surface area contributed by atoms with E-state index in [0.29, 0.717) is 5.92 Å². The van der Waals surface area contributed by atoms with Gasteiger partial charge in [-0.2, -0.15) is 0 Å². The van der Waals surface area contributed by atoms with Gasteiger partial charge >= 0.3 is 0 Å². The van der Waals surface area contributed by atoms with Crippen molar-refractivity contribution in [1.29, 1.82) is 0 Å². The molecule has 1 amide bonds. The third-order valence-electron chi connectivity index (χ3n) is 9.41. The lowest BCUT2D eigenvalue weighted by Crippen LogP contribution is -2.37. The van der Waals surface area contributed by atoms with Gasteiger partial charge in [0.25, 0.3) is 0 Å². The Balaban J connectivity index is 1.32. The van der Waals surface area contributed by atoms with Gasteiger partial charge in [-0.05, 0) is 67.3 Å². The first-order valence-electron chi connectivity index (χ1n) is 15.4. The van der Waals surface area contributed by atoms with Crippen molar-refractivity contribution in [3.63, 3.8) is 0 Å². The van der Waals surface area contributed by atoms with Crippen LogP contribution in [0.4, 0.5) is 0 Å². The lowest BCUT2D eigenvalue weighted by Gasteiger charge is -2.26. The lowest BCUT2D eigenvalue weighted by molar-refractivity contribution is -0.124. The number of amides is 1. The smallest absolute Gasteiger partial charge is 0.228 e. The predicted octanol–water partition coefficient (Wildman–Crippen LogP) is 7.38. The van der Waals surface area contributed by atoms with E-state index in [2.05, 4.69) is 79.0 Å². The number of hydrogen-bond acceptors (Lipinski definition) is 3. The van der Waals surface area contributed by atoms with Crippen LogP contribution in [0.5, 0.6) is 0 Å². The summed E-state index contributed by atoms with van der Waals surface area (Å²) in [6.07, 6.45) is 6.12. The maximum Gasteiger partial charge on any atom is 0.228 e. The average Bonchev–Trinajstić information content (AvgIpc) is 3.66. The first-order valence-corrected chi connectivity index (χ1v) is 15.4. The van der Waals surface area contributed by atoms with Crippen LogP contribution in [-0.2, 0) is 17.6 Å². The van der Waals surface area contributed by atoms with Crippen LogP contribution in [-0.4, -0.2) is 27.0 Å². The molecule has 2 N–H and O–H groups in total.